The van der Waals surface area contributed by atoms with E-state index in [1.165, 1.54) is 0 Å². The summed E-state index contributed by atoms with van der Waals surface area (Å²) < 4.78 is 10.7. The van der Waals surface area contributed by atoms with E-state index in [9.17, 15) is 9.59 Å². The second-order valence-corrected chi connectivity index (χ2v) is 9.08. The van der Waals surface area contributed by atoms with Crippen molar-refractivity contribution in [1.82, 2.24) is 10.3 Å². The van der Waals surface area contributed by atoms with Crippen LogP contribution in [-0.4, -0.2) is 42.2 Å². The molecular weight excluding hydrogens is 406 g/mol. The molecule has 1 saturated heterocycles. The summed E-state index contributed by atoms with van der Waals surface area (Å²) in [5.41, 5.74) is 2.41. The first-order valence-electron chi connectivity index (χ1n) is 10.8. The van der Waals surface area contributed by atoms with Crippen LogP contribution in [-0.2, 0) is 9.53 Å². The van der Waals surface area contributed by atoms with Crippen molar-refractivity contribution in [3.05, 3.63) is 59.8 Å². The first-order chi connectivity index (χ1) is 15.2. The number of methoxy groups -OCH3 is 1. The number of carbonyl (C=O) groups is 2. The van der Waals surface area contributed by atoms with Crippen molar-refractivity contribution in [3.8, 4) is 5.75 Å². The highest BCUT2D eigenvalue weighted by Crippen LogP contribution is 2.30. The second kappa shape index (κ2) is 8.67. The number of fused-ring (bicyclic) bond motifs is 1. The third kappa shape index (κ3) is 4.78. The van der Waals surface area contributed by atoms with Crippen LogP contribution in [0.15, 0.2) is 48.5 Å². The van der Waals surface area contributed by atoms with Gasteiger partial charge in [0.15, 0.2) is 0 Å². The molecule has 0 saturated carbocycles. The van der Waals surface area contributed by atoms with E-state index in [-0.39, 0.29) is 17.9 Å². The van der Waals surface area contributed by atoms with Crippen LogP contribution in [0.4, 0.5) is 5.69 Å². The van der Waals surface area contributed by atoms with Gasteiger partial charge in [-0.2, -0.15) is 0 Å². The van der Waals surface area contributed by atoms with E-state index in [1.54, 1.807) is 13.2 Å². The molecule has 7 nitrogen and oxygen atoms in total. The average Bonchev–Trinajstić information content (AvgIpc) is 3.39. The molecule has 1 fully saturated rings. The molecule has 3 N–H and O–H groups in total. The predicted octanol–water partition coefficient (Wildman–Crippen LogP) is 4.22. The summed E-state index contributed by atoms with van der Waals surface area (Å²) >= 11 is 0. The highest BCUT2D eigenvalue weighted by atomic mass is 16.6. The zero-order valence-corrected chi connectivity index (χ0v) is 18.8. The van der Waals surface area contributed by atoms with Gasteiger partial charge in [0, 0.05) is 22.5 Å². The van der Waals surface area contributed by atoms with Crippen LogP contribution >= 0.6 is 0 Å². The molecule has 1 aromatic heterocycles. The fourth-order valence-electron chi connectivity index (χ4n) is 4.06. The van der Waals surface area contributed by atoms with Gasteiger partial charge >= 0.3 is 5.97 Å². The average molecular weight is 436 g/mol. The number of esters is 1. The standard InChI is InChI=1S/C25H29N3O4/c1-25(2,3)32-24(30)21-14-16-13-17(7-10-20(16)28-21)27-23(29)22-19(11-12-26-22)15-5-8-18(31-4)9-6-15/h5-10,13-14,19,22,26,28H,11-12H2,1-4H3,(H,27,29)/t19-,22-/m1/s1. The smallest absolute Gasteiger partial charge is 0.355 e. The molecule has 0 radical (unpaired) electrons. The summed E-state index contributed by atoms with van der Waals surface area (Å²) in [6.07, 6.45) is 0.889. The molecule has 168 valence electrons. The minimum Gasteiger partial charge on any atom is -0.497 e. The van der Waals surface area contributed by atoms with E-state index < -0.39 is 11.6 Å². The Labute approximate surface area is 187 Å². The van der Waals surface area contributed by atoms with Gasteiger partial charge in [0.1, 0.15) is 17.0 Å². The van der Waals surface area contributed by atoms with E-state index in [2.05, 4.69) is 15.6 Å². The summed E-state index contributed by atoms with van der Waals surface area (Å²) in [5.74, 6) is 0.407. The van der Waals surface area contributed by atoms with Gasteiger partial charge in [-0.15, -0.1) is 0 Å². The SMILES string of the molecule is COc1ccc([C@H]2CCN[C@H]2C(=O)Nc2ccc3[nH]c(C(=O)OC(C)(C)C)cc3c2)cc1. The molecule has 0 unspecified atom stereocenters. The minimum atomic E-state index is -0.567. The minimum absolute atomic E-state index is 0.0782. The molecule has 0 aliphatic carbocycles. The Morgan fingerprint density at radius 1 is 1.06 bits per heavy atom. The van der Waals surface area contributed by atoms with Crippen LogP contribution in [0.3, 0.4) is 0 Å². The quantitative estimate of drug-likeness (QED) is 0.522. The Morgan fingerprint density at radius 3 is 2.50 bits per heavy atom. The van der Waals surface area contributed by atoms with Crippen molar-refractivity contribution in [3.63, 3.8) is 0 Å². The highest BCUT2D eigenvalue weighted by molar-refractivity contribution is 5.99. The first kappa shape index (κ1) is 21.9. The summed E-state index contributed by atoms with van der Waals surface area (Å²) in [4.78, 5) is 28.5. The van der Waals surface area contributed by atoms with E-state index >= 15 is 0 Å². The molecule has 1 amide bonds. The Balaban J connectivity index is 1.48. The maximum Gasteiger partial charge on any atom is 0.355 e. The number of H-pyrrole nitrogens is 1. The molecule has 1 aliphatic heterocycles. The van der Waals surface area contributed by atoms with Crippen molar-refractivity contribution in [2.45, 2.75) is 44.8 Å². The number of carbonyl (C=O) groups excluding carboxylic acids is 2. The molecule has 3 aromatic rings. The molecular formula is C25H29N3O4. The number of ether oxygens (including phenoxy) is 2. The van der Waals surface area contributed by atoms with Crippen LogP contribution in [0.2, 0.25) is 0 Å². The summed E-state index contributed by atoms with van der Waals surface area (Å²) in [6, 6.07) is 14.8. The van der Waals surface area contributed by atoms with Gasteiger partial charge in [-0.3, -0.25) is 4.79 Å². The Hall–Kier alpha value is -3.32. The number of aromatic amines is 1. The van der Waals surface area contributed by atoms with Gasteiger partial charge in [0.2, 0.25) is 5.91 Å². The lowest BCUT2D eigenvalue weighted by molar-refractivity contribution is -0.118. The van der Waals surface area contributed by atoms with Gasteiger partial charge in [-0.1, -0.05) is 12.1 Å². The second-order valence-electron chi connectivity index (χ2n) is 9.08. The zero-order valence-electron chi connectivity index (χ0n) is 18.8. The topological polar surface area (TPSA) is 92.5 Å². The predicted molar refractivity (Wildman–Crippen MR) is 124 cm³/mol. The van der Waals surface area contributed by atoms with Gasteiger partial charge in [-0.25, -0.2) is 4.79 Å². The molecule has 2 atom stereocenters. The number of rotatable bonds is 5. The van der Waals surface area contributed by atoms with Crippen LogP contribution in [0.25, 0.3) is 10.9 Å². The van der Waals surface area contributed by atoms with Gasteiger partial charge in [0.05, 0.1) is 13.2 Å². The Morgan fingerprint density at radius 2 is 1.81 bits per heavy atom. The van der Waals surface area contributed by atoms with Crippen LogP contribution in [0.5, 0.6) is 5.75 Å². The van der Waals surface area contributed by atoms with Crippen molar-refractivity contribution >= 4 is 28.5 Å². The normalized spacial score (nSPS) is 18.5. The lowest BCUT2D eigenvalue weighted by atomic mass is 9.91. The molecule has 0 spiro atoms. The van der Waals surface area contributed by atoms with Crippen molar-refractivity contribution in [2.24, 2.45) is 0 Å². The molecule has 2 heterocycles. The molecule has 4 rings (SSSR count). The number of hydrogen-bond acceptors (Lipinski definition) is 5. The van der Waals surface area contributed by atoms with Gasteiger partial charge in [0.25, 0.3) is 0 Å². The van der Waals surface area contributed by atoms with Crippen LogP contribution < -0.4 is 15.4 Å². The molecule has 0 bridgehead atoms. The van der Waals surface area contributed by atoms with Crippen molar-refractivity contribution in [1.29, 1.82) is 0 Å². The fourth-order valence-corrected chi connectivity index (χ4v) is 4.06. The third-order valence-corrected chi connectivity index (χ3v) is 5.56. The monoisotopic (exact) mass is 435 g/mol. The summed E-state index contributed by atoms with van der Waals surface area (Å²) in [6.45, 7) is 6.28. The fraction of sp³-hybridized carbons (Fsp3) is 0.360. The molecule has 2 aromatic carbocycles. The summed E-state index contributed by atoms with van der Waals surface area (Å²) in [5, 5.41) is 7.17. The highest BCUT2D eigenvalue weighted by Gasteiger charge is 2.33. The number of hydrogen-bond donors (Lipinski definition) is 3. The largest absolute Gasteiger partial charge is 0.497 e. The van der Waals surface area contributed by atoms with E-state index in [0.717, 1.165) is 35.2 Å². The number of benzene rings is 2. The Bertz CT molecular complexity index is 1130. The number of nitrogens with one attached hydrogen (secondary N) is 3. The lowest BCUT2D eigenvalue weighted by Crippen LogP contribution is -2.39. The number of amides is 1. The number of anilines is 1. The molecule has 1 aliphatic rings. The third-order valence-electron chi connectivity index (χ3n) is 5.56. The number of aromatic nitrogens is 1. The Kier molecular flexibility index (Phi) is 5.93. The molecule has 32 heavy (non-hydrogen) atoms. The zero-order chi connectivity index (χ0) is 22.9. The lowest BCUT2D eigenvalue weighted by Gasteiger charge is -2.20. The van der Waals surface area contributed by atoms with Crippen molar-refractivity contribution in [2.75, 3.05) is 19.0 Å². The van der Waals surface area contributed by atoms with Crippen molar-refractivity contribution < 1.29 is 19.1 Å². The van der Waals surface area contributed by atoms with E-state index in [1.807, 2.05) is 63.2 Å². The van der Waals surface area contributed by atoms with Crippen LogP contribution in [0.1, 0.15) is 49.2 Å². The van der Waals surface area contributed by atoms with Crippen LogP contribution in [0, 0.1) is 0 Å². The van der Waals surface area contributed by atoms with Gasteiger partial charge in [-0.05, 0) is 75.7 Å². The van der Waals surface area contributed by atoms with Gasteiger partial charge < -0.3 is 25.1 Å². The van der Waals surface area contributed by atoms with E-state index in [0.29, 0.717) is 11.4 Å². The van der Waals surface area contributed by atoms with E-state index in [4.69, 9.17) is 9.47 Å². The maximum absolute atomic E-state index is 13.0. The summed E-state index contributed by atoms with van der Waals surface area (Å²) in [7, 11) is 1.64. The first-order valence-corrected chi connectivity index (χ1v) is 10.8. The molecule has 7 heteroatoms. The maximum atomic E-state index is 13.0.